The second-order valence-corrected chi connectivity index (χ2v) is 4.01. The van der Waals surface area contributed by atoms with Crippen molar-refractivity contribution in [1.29, 1.82) is 0 Å². The SMILES string of the molecule is CCC(O)c1cnc2c(c1)CCCC2. The summed E-state index contributed by atoms with van der Waals surface area (Å²) >= 11 is 0. The zero-order valence-electron chi connectivity index (χ0n) is 8.66. The van der Waals surface area contributed by atoms with E-state index in [2.05, 4.69) is 11.1 Å². The summed E-state index contributed by atoms with van der Waals surface area (Å²) in [6.07, 6.45) is 7.02. The van der Waals surface area contributed by atoms with Crippen LogP contribution >= 0.6 is 0 Å². The van der Waals surface area contributed by atoms with Gasteiger partial charge in [0, 0.05) is 11.9 Å². The van der Waals surface area contributed by atoms with Crippen LogP contribution in [0.25, 0.3) is 0 Å². The van der Waals surface area contributed by atoms with Crippen molar-refractivity contribution in [3.8, 4) is 0 Å². The van der Waals surface area contributed by atoms with Gasteiger partial charge in [-0.15, -0.1) is 0 Å². The summed E-state index contributed by atoms with van der Waals surface area (Å²) < 4.78 is 0. The Morgan fingerprint density at radius 1 is 1.43 bits per heavy atom. The summed E-state index contributed by atoms with van der Waals surface area (Å²) in [6.45, 7) is 1.99. The number of pyridine rings is 1. The van der Waals surface area contributed by atoms with Crippen molar-refractivity contribution in [1.82, 2.24) is 4.98 Å². The number of hydrogen-bond donors (Lipinski definition) is 1. The minimum absolute atomic E-state index is 0.338. The fourth-order valence-electron chi connectivity index (χ4n) is 2.02. The maximum Gasteiger partial charge on any atom is 0.0802 e. The van der Waals surface area contributed by atoms with E-state index in [1.807, 2.05) is 13.1 Å². The summed E-state index contributed by atoms with van der Waals surface area (Å²) in [5, 5.41) is 9.69. The molecular weight excluding hydrogens is 174 g/mol. The monoisotopic (exact) mass is 191 g/mol. The Labute approximate surface area is 85.0 Å². The molecule has 0 aromatic carbocycles. The highest BCUT2D eigenvalue weighted by atomic mass is 16.3. The van der Waals surface area contributed by atoms with E-state index in [9.17, 15) is 5.11 Å². The molecular formula is C12H17NO. The van der Waals surface area contributed by atoms with Crippen molar-refractivity contribution in [3.05, 3.63) is 29.1 Å². The molecule has 0 radical (unpaired) electrons. The van der Waals surface area contributed by atoms with E-state index < -0.39 is 0 Å². The van der Waals surface area contributed by atoms with Crippen molar-refractivity contribution in [2.45, 2.75) is 45.1 Å². The fourth-order valence-corrected chi connectivity index (χ4v) is 2.02. The van der Waals surface area contributed by atoms with Crippen molar-refractivity contribution in [3.63, 3.8) is 0 Å². The molecule has 76 valence electrons. The topological polar surface area (TPSA) is 33.1 Å². The van der Waals surface area contributed by atoms with Crippen LogP contribution in [-0.2, 0) is 12.8 Å². The Balaban J connectivity index is 2.29. The number of aryl methyl sites for hydroxylation is 2. The molecule has 1 aliphatic rings. The number of aliphatic hydroxyl groups excluding tert-OH is 1. The average molecular weight is 191 g/mol. The third-order valence-electron chi connectivity index (χ3n) is 2.96. The second-order valence-electron chi connectivity index (χ2n) is 4.01. The molecule has 1 heterocycles. The summed E-state index contributed by atoms with van der Waals surface area (Å²) in [6, 6.07) is 2.13. The van der Waals surface area contributed by atoms with Gasteiger partial charge in [0.2, 0.25) is 0 Å². The predicted octanol–water partition coefficient (Wildman–Crippen LogP) is 2.40. The first kappa shape index (κ1) is 9.66. The van der Waals surface area contributed by atoms with Gasteiger partial charge in [-0.25, -0.2) is 0 Å². The van der Waals surface area contributed by atoms with Gasteiger partial charge < -0.3 is 5.11 Å². The van der Waals surface area contributed by atoms with Gasteiger partial charge in [-0.2, -0.15) is 0 Å². The van der Waals surface area contributed by atoms with Crippen molar-refractivity contribution < 1.29 is 5.11 Å². The van der Waals surface area contributed by atoms with Crippen molar-refractivity contribution in [2.24, 2.45) is 0 Å². The van der Waals surface area contributed by atoms with Gasteiger partial charge in [0.05, 0.1) is 6.10 Å². The molecule has 2 heteroatoms. The Hall–Kier alpha value is -0.890. The molecule has 0 saturated heterocycles. The van der Waals surface area contributed by atoms with Crippen LogP contribution in [0.1, 0.15) is 49.1 Å². The number of nitrogens with zero attached hydrogens (tertiary/aromatic N) is 1. The third kappa shape index (κ3) is 1.80. The first-order valence-electron chi connectivity index (χ1n) is 5.47. The molecule has 1 aromatic heterocycles. The normalized spacial score (nSPS) is 17.6. The average Bonchev–Trinajstić information content (AvgIpc) is 2.27. The Morgan fingerprint density at radius 2 is 2.21 bits per heavy atom. The number of hydrogen-bond acceptors (Lipinski definition) is 2. The van der Waals surface area contributed by atoms with Crippen LogP contribution in [0.2, 0.25) is 0 Å². The Kier molecular flexibility index (Phi) is 2.82. The van der Waals surface area contributed by atoms with Crippen LogP contribution in [0.3, 0.4) is 0 Å². The van der Waals surface area contributed by atoms with Crippen LogP contribution in [0.5, 0.6) is 0 Å². The number of fused-ring (bicyclic) bond motifs is 1. The molecule has 1 aliphatic carbocycles. The fraction of sp³-hybridized carbons (Fsp3) is 0.583. The van der Waals surface area contributed by atoms with E-state index in [1.165, 1.54) is 24.1 Å². The van der Waals surface area contributed by atoms with Crippen LogP contribution in [0, 0.1) is 0 Å². The van der Waals surface area contributed by atoms with Crippen LogP contribution in [0.4, 0.5) is 0 Å². The minimum atomic E-state index is -0.338. The van der Waals surface area contributed by atoms with E-state index >= 15 is 0 Å². The number of aromatic nitrogens is 1. The van der Waals surface area contributed by atoms with E-state index in [0.29, 0.717) is 0 Å². The quantitative estimate of drug-likeness (QED) is 0.778. The maximum atomic E-state index is 9.69. The molecule has 0 amide bonds. The van der Waals surface area contributed by atoms with Gasteiger partial charge >= 0.3 is 0 Å². The van der Waals surface area contributed by atoms with Gasteiger partial charge in [0.25, 0.3) is 0 Å². The summed E-state index contributed by atoms with van der Waals surface area (Å²) in [7, 11) is 0. The van der Waals surface area contributed by atoms with E-state index in [0.717, 1.165) is 24.8 Å². The maximum absolute atomic E-state index is 9.69. The standard InChI is InChI=1S/C12H17NO/c1-2-12(14)10-7-9-5-3-4-6-11(9)13-8-10/h7-8,12,14H,2-6H2,1H3. The number of aliphatic hydroxyl groups is 1. The van der Waals surface area contributed by atoms with Crippen LogP contribution in [0.15, 0.2) is 12.3 Å². The van der Waals surface area contributed by atoms with Gasteiger partial charge in [0.1, 0.15) is 0 Å². The third-order valence-corrected chi connectivity index (χ3v) is 2.96. The molecule has 0 bridgehead atoms. The minimum Gasteiger partial charge on any atom is -0.388 e. The van der Waals surface area contributed by atoms with Crippen LogP contribution in [-0.4, -0.2) is 10.1 Å². The molecule has 0 aliphatic heterocycles. The van der Waals surface area contributed by atoms with Crippen LogP contribution < -0.4 is 0 Å². The first-order chi connectivity index (χ1) is 6.81. The van der Waals surface area contributed by atoms with E-state index in [1.54, 1.807) is 0 Å². The first-order valence-corrected chi connectivity index (χ1v) is 5.47. The molecule has 2 nitrogen and oxygen atoms in total. The molecule has 0 saturated carbocycles. The largest absolute Gasteiger partial charge is 0.388 e. The molecule has 0 spiro atoms. The highest BCUT2D eigenvalue weighted by Gasteiger charge is 2.13. The Bertz CT molecular complexity index is 322. The summed E-state index contributed by atoms with van der Waals surface area (Å²) in [5.74, 6) is 0. The summed E-state index contributed by atoms with van der Waals surface area (Å²) in [4.78, 5) is 4.43. The second kappa shape index (κ2) is 4.09. The van der Waals surface area contributed by atoms with E-state index in [4.69, 9.17) is 0 Å². The lowest BCUT2D eigenvalue weighted by Crippen LogP contribution is -2.07. The van der Waals surface area contributed by atoms with Gasteiger partial charge in [-0.05, 0) is 49.3 Å². The molecule has 0 fully saturated rings. The summed E-state index contributed by atoms with van der Waals surface area (Å²) in [5.41, 5.74) is 3.57. The smallest absolute Gasteiger partial charge is 0.0802 e. The van der Waals surface area contributed by atoms with Crippen molar-refractivity contribution in [2.75, 3.05) is 0 Å². The molecule has 2 rings (SSSR count). The van der Waals surface area contributed by atoms with Crippen molar-refractivity contribution >= 4 is 0 Å². The lowest BCUT2D eigenvalue weighted by molar-refractivity contribution is 0.173. The molecule has 1 N–H and O–H groups in total. The van der Waals surface area contributed by atoms with E-state index in [-0.39, 0.29) is 6.10 Å². The predicted molar refractivity (Wildman–Crippen MR) is 56.1 cm³/mol. The molecule has 1 atom stereocenters. The lowest BCUT2D eigenvalue weighted by atomic mass is 9.94. The van der Waals surface area contributed by atoms with Gasteiger partial charge in [-0.3, -0.25) is 4.98 Å². The van der Waals surface area contributed by atoms with Gasteiger partial charge in [0.15, 0.2) is 0 Å². The highest BCUT2D eigenvalue weighted by molar-refractivity contribution is 5.28. The van der Waals surface area contributed by atoms with Gasteiger partial charge in [-0.1, -0.05) is 6.92 Å². The molecule has 1 aromatic rings. The zero-order valence-corrected chi connectivity index (χ0v) is 8.66. The molecule has 1 unspecified atom stereocenters. The zero-order chi connectivity index (χ0) is 9.97. The lowest BCUT2D eigenvalue weighted by Gasteiger charge is -2.17. The Morgan fingerprint density at radius 3 is 3.00 bits per heavy atom. The molecule has 14 heavy (non-hydrogen) atoms. The number of rotatable bonds is 2. The highest BCUT2D eigenvalue weighted by Crippen LogP contribution is 2.23.